The van der Waals surface area contributed by atoms with E-state index < -0.39 is 4.92 Å². The number of likely N-dealkylation sites (N-methyl/N-ethyl adjacent to an activating group) is 1. The van der Waals surface area contributed by atoms with Gasteiger partial charge in [-0.15, -0.1) is 0 Å². The Bertz CT molecular complexity index is 1070. The van der Waals surface area contributed by atoms with Gasteiger partial charge in [-0.3, -0.25) is 14.9 Å². The number of fused-ring (bicyclic) bond motifs is 1. The molecule has 3 rings (SSSR count). The number of benzene rings is 3. The van der Waals surface area contributed by atoms with Crippen molar-refractivity contribution in [3.63, 3.8) is 0 Å². The van der Waals surface area contributed by atoms with Gasteiger partial charge in [-0.1, -0.05) is 29.8 Å². The molecule has 0 spiro atoms. The average molecular weight is 415 g/mol. The molecule has 0 aliphatic heterocycles. The lowest BCUT2D eigenvalue weighted by Gasteiger charge is -2.14. The van der Waals surface area contributed by atoms with Crippen LogP contribution in [0.25, 0.3) is 10.8 Å². The Morgan fingerprint density at radius 2 is 1.86 bits per heavy atom. The molecule has 0 saturated carbocycles. The molecule has 8 heteroatoms. The van der Waals surface area contributed by atoms with Crippen LogP contribution in [-0.4, -0.2) is 31.5 Å². The molecule has 1 amide bonds. The summed E-state index contributed by atoms with van der Waals surface area (Å²) in [5, 5.41) is 16.2. The highest BCUT2D eigenvalue weighted by Gasteiger charge is 2.18. The molecule has 150 valence electrons. The van der Waals surface area contributed by atoms with E-state index in [9.17, 15) is 14.9 Å². The zero-order valence-electron chi connectivity index (χ0n) is 16.1. The topological polar surface area (TPSA) is 85.9 Å². The number of amides is 1. The largest absolute Gasteiger partial charge is 0.497 e. The van der Waals surface area contributed by atoms with Crippen LogP contribution in [0.4, 0.5) is 11.4 Å². The third-order valence-electron chi connectivity index (χ3n) is 4.51. The number of anilines is 1. The maximum absolute atomic E-state index is 12.4. The van der Waals surface area contributed by atoms with E-state index in [1.807, 2.05) is 37.4 Å². The fourth-order valence-corrected chi connectivity index (χ4v) is 3.33. The number of methoxy groups -OCH3 is 1. The van der Waals surface area contributed by atoms with Gasteiger partial charge in [-0.25, -0.2) is 0 Å². The van der Waals surface area contributed by atoms with E-state index in [2.05, 4.69) is 11.4 Å². The number of nitro groups is 1. The first-order valence-corrected chi connectivity index (χ1v) is 9.35. The Hall–Kier alpha value is -3.16. The molecule has 0 aliphatic rings. The maximum Gasteiger partial charge on any atom is 0.292 e. The highest BCUT2D eigenvalue weighted by Crippen LogP contribution is 2.27. The fraction of sp³-hybridized carbons (Fsp3) is 0.190. The molecule has 0 fully saturated rings. The van der Waals surface area contributed by atoms with Gasteiger partial charge >= 0.3 is 0 Å². The number of nitro benzene ring substituents is 1. The van der Waals surface area contributed by atoms with E-state index in [1.54, 1.807) is 7.11 Å². The summed E-state index contributed by atoms with van der Waals surface area (Å²) in [6.45, 7) is 0.789. The third kappa shape index (κ3) is 5.22. The summed E-state index contributed by atoms with van der Waals surface area (Å²) in [6, 6.07) is 16.1. The van der Waals surface area contributed by atoms with E-state index in [4.69, 9.17) is 16.3 Å². The average Bonchev–Trinajstić information content (AvgIpc) is 2.67. The van der Waals surface area contributed by atoms with E-state index in [-0.39, 0.29) is 23.8 Å². The third-order valence-corrected chi connectivity index (χ3v) is 4.74. The highest BCUT2D eigenvalue weighted by atomic mass is 35.5. The number of rotatable bonds is 7. The second kappa shape index (κ2) is 8.89. The molecule has 0 radical (unpaired) electrons. The lowest BCUT2D eigenvalue weighted by Crippen LogP contribution is -3.08. The summed E-state index contributed by atoms with van der Waals surface area (Å²) in [6.07, 6.45) is 0. The molecule has 29 heavy (non-hydrogen) atoms. The van der Waals surface area contributed by atoms with Crippen molar-refractivity contribution >= 4 is 39.7 Å². The fourth-order valence-electron chi connectivity index (χ4n) is 3.16. The second-order valence-electron chi connectivity index (χ2n) is 6.82. The molecular weight excluding hydrogens is 394 g/mol. The van der Waals surface area contributed by atoms with E-state index >= 15 is 0 Å². The highest BCUT2D eigenvalue weighted by molar-refractivity contribution is 6.31. The molecule has 0 bridgehead atoms. The van der Waals surface area contributed by atoms with Crippen molar-refractivity contribution in [2.75, 3.05) is 26.0 Å². The van der Waals surface area contributed by atoms with Gasteiger partial charge in [0.05, 0.1) is 19.1 Å². The number of nitrogens with one attached hydrogen (secondary N) is 2. The molecule has 7 nitrogen and oxygen atoms in total. The SMILES string of the molecule is COc1ccc2cc(C[NH+](C)CC(=O)Nc3cc(Cl)ccc3[N+](=O)[O-])ccc2c1. The summed E-state index contributed by atoms with van der Waals surface area (Å²) >= 11 is 5.90. The van der Waals surface area contributed by atoms with E-state index in [0.717, 1.165) is 27.0 Å². The molecule has 0 aromatic heterocycles. The minimum absolute atomic E-state index is 0.0972. The Balaban J connectivity index is 1.65. The van der Waals surface area contributed by atoms with Gasteiger partial charge in [0.25, 0.3) is 11.6 Å². The molecule has 3 aromatic carbocycles. The van der Waals surface area contributed by atoms with Gasteiger partial charge in [0.2, 0.25) is 0 Å². The van der Waals surface area contributed by atoms with Gasteiger partial charge in [0.1, 0.15) is 18.0 Å². The number of hydrogen-bond donors (Lipinski definition) is 2. The van der Waals surface area contributed by atoms with Crippen LogP contribution in [0, 0.1) is 10.1 Å². The summed E-state index contributed by atoms with van der Waals surface area (Å²) in [4.78, 5) is 23.9. The van der Waals surface area contributed by atoms with Crippen molar-refractivity contribution in [3.05, 3.63) is 75.3 Å². The van der Waals surface area contributed by atoms with Crippen molar-refractivity contribution in [2.45, 2.75) is 6.54 Å². The number of quaternary nitrogens is 1. The molecule has 1 atom stereocenters. The predicted molar refractivity (Wildman–Crippen MR) is 113 cm³/mol. The quantitative estimate of drug-likeness (QED) is 0.459. The molecule has 3 aromatic rings. The number of nitrogens with zero attached hydrogens (tertiary/aromatic N) is 1. The maximum atomic E-state index is 12.4. The summed E-state index contributed by atoms with van der Waals surface area (Å²) < 4.78 is 5.24. The zero-order valence-corrected chi connectivity index (χ0v) is 16.8. The van der Waals surface area contributed by atoms with Gasteiger partial charge in [0, 0.05) is 16.7 Å². The number of ether oxygens (including phenoxy) is 1. The van der Waals surface area contributed by atoms with Crippen LogP contribution in [-0.2, 0) is 11.3 Å². The molecule has 1 unspecified atom stereocenters. The number of carbonyl (C=O) groups excluding carboxylic acids is 1. The molecule has 0 saturated heterocycles. The van der Waals surface area contributed by atoms with Gasteiger partial charge in [-0.05, 0) is 41.1 Å². The minimum Gasteiger partial charge on any atom is -0.497 e. The molecule has 2 N–H and O–H groups in total. The van der Waals surface area contributed by atoms with Crippen LogP contribution < -0.4 is 15.0 Å². The number of hydrogen-bond acceptors (Lipinski definition) is 4. The predicted octanol–water partition coefficient (Wildman–Crippen LogP) is 3.06. The first-order chi connectivity index (χ1) is 13.9. The molecule has 0 heterocycles. The molecular formula is C21H21ClN3O4+. The zero-order chi connectivity index (χ0) is 21.0. The Morgan fingerprint density at radius 1 is 1.14 bits per heavy atom. The van der Waals surface area contributed by atoms with Gasteiger partial charge in [0.15, 0.2) is 6.54 Å². The van der Waals surface area contributed by atoms with Crippen LogP contribution in [0.15, 0.2) is 54.6 Å². The van der Waals surface area contributed by atoms with E-state index in [0.29, 0.717) is 11.6 Å². The van der Waals surface area contributed by atoms with Crippen molar-refractivity contribution in [1.29, 1.82) is 0 Å². The van der Waals surface area contributed by atoms with E-state index in [1.165, 1.54) is 18.2 Å². The minimum atomic E-state index is -0.549. The van der Waals surface area contributed by atoms with Crippen molar-refractivity contribution in [2.24, 2.45) is 0 Å². The van der Waals surface area contributed by atoms with Gasteiger partial charge in [-0.2, -0.15) is 0 Å². The Labute approximate surface area is 173 Å². The Morgan fingerprint density at radius 3 is 2.59 bits per heavy atom. The first-order valence-electron chi connectivity index (χ1n) is 8.97. The standard InChI is InChI=1S/C21H20ClN3O4/c1-24(12-14-3-4-16-10-18(29-2)7-5-15(16)9-14)13-21(26)23-19-11-17(22)6-8-20(19)25(27)28/h3-11H,12-13H2,1-2H3,(H,23,26)/p+1. The lowest BCUT2D eigenvalue weighted by molar-refractivity contribution is -0.885. The van der Waals surface area contributed by atoms with Crippen LogP contribution in [0.5, 0.6) is 5.75 Å². The summed E-state index contributed by atoms with van der Waals surface area (Å²) in [5.74, 6) is 0.484. The number of halogens is 1. The van der Waals surface area contributed by atoms with Crippen LogP contribution in [0.2, 0.25) is 5.02 Å². The second-order valence-corrected chi connectivity index (χ2v) is 7.26. The van der Waals surface area contributed by atoms with Crippen molar-refractivity contribution in [1.82, 2.24) is 0 Å². The van der Waals surface area contributed by atoms with Crippen LogP contribution >= 0.6 is 11.6 Å². The molecule has 0 aliphatic carbocycles. The van der Waals surface area contributed by atoms with Gasteiger partial charge < -0.3 is 15.0 Å². The summed E-state index contributed by atoms with van der Waals surface area (Å²) in [7, 11) is 3.53. The summed E-state index contributed by atoms with van der Waals surface area (Å²) in [5.41, 5.74) is 0.993. The van der Waals surface area contributed by atoms with Crippen molar-refractivity contribution in [3.8, 4) is 5.75 Å². The first kappa shape index (κ1) is 20.6. The monoisotopic (exact) mass is 414 g/mol. The smallest absolute Gasteiger partial charge is 0.292 e. The normalized spacial score (nSPS) is 11.8. The van der Waals surface area contributed by atoms with Crippen LogP contribution in [0.1, 0.15) is 5.56 Å². The number of carbonyl (C=O) groups is 1. The Kier molecular flexibility index (Phi) is 6.31. The van der Waals surface area contributed by atoms with Crippen LogP contribution in [0.3, 0.4) is 0 Å². The van der Waals surface area contributed by atoms with Crippen molar-refractivity contribution < 1.29 is 19.4 Å². The lowest BCUT2D eigenvalue weighted by atomic mass is 10.1.